The van der Waals surface area contributed by atoms with E-state index < -0.39 is 0 Å². The number of tetrazole rings is 1. The van der Waals surface area contributed by atoms with Gasteiger partial charge in [-0.1, -0.05) is 29.1 Å². The Bertz CT molecular complexity index is 741. The lowest BCUT2D eigenvalue weighted by Gasteiger charge is -1.98. The summed E-state index contributed by atoms with van der Waals surface area (Å²) in [6.07, 6.45) is 0. The van der Waals surface area contributed by atoms with Crippen LogP contribution in [-0.2, 0) is 12.3 Å². The van der Waals surface area contributed by atoms with Crippen LogP contribution in [0.2, 0.25) is 0 Å². The maximum atomic E-state index is 9.76. The van der Waals surface area contributed by atoms with Crippen molar-refractivity contribution in [1.29, 1.82) is 0 Å². The predicted octanol–water partition coefficient (Wildman–Crippen LogP) is 1.74. The minimum absolute atomic E-state index is 0.107. The maximum Gasteiger partial charge on any atom is 0.261 e. The molecule has 1 aromatic carbocycles. The predicted molar refractivity (Wildman–Crippen MR) is 74.5 cm³/mol. The molecule has 0 fully saturated rings. The van der Waals surface area contributed by atoms with E-state index in [1.165, 1.54) is 11.8 Å². The Morgan fingerprint density at radius 3 is 3.00 bits per heavy atom. The fraction of sp³-hybridized carbons (Fsp3) is 0.250. The van der Waals surface area contributed by atoms with Gasteiger partial charge in [0, 0.05) is 6.54 Å². The quantitative estimate of drug-likeness (QED) is 0.711. The fourth-order valence-electron chi connectivity index (χ4n) is 1.70. The molecule has 2 aromatic heterocycles. The summed E-state index contributed by atoms with van der Waals surface area (Å²) in [4.78, 5) is 4.26. The standard InChI is InChI=1S/C12H12N6O2S/c1-2-18-12(14-16-17-18)21-7-10-13-11(20-15-10)8-5-3-4-6-9(8)19/h3-6,19H,2,7H2,1H3. The van der Waals surface area contributed by atoms with E-state index in [0.29, 0.717) is 34.7 Å². The van der Waals surface area contributed by atoms with Gasteiger partial charge in [-0.3, -0.25) is 0 Å². The van der Waals surface area contributed by atoms with Crippen molar-refractivity contribution in [2.45, 2.75) is 24.4 Å². The summed E-state index contributed by atoms with van der Waals surface area (Å²) in [5.74, 6) is 1.40. The van der Waals surface area contributed by atoms with Gasteiger partial charge in [-0.25, -0.2) is 4.68 Å². The number of thioether (sulfide) groups is 1. The Morgan fingerprint density at radius 1 is 1.33 bits per heavy atom. The number of hydrogen-bond donors (Lipinski definition) is 1. The summed E-state index contributed by atoms with van der Waals surface area (Å²) in [6.45, 7) is 2.66. The van der Waals surface area contributed by atoms with Crippen LogP contribution in [0.1, 0.15) is 12.7 Å². The molecular formula is C12H12N6O2S. The van der Waals surface area contributed by atoms with Crippen molar-refractivity contribution in [3.63, 3.8) is 0 Å². The van der Waals surface area contributed by atoms with E-state index in [-0.39, 0.29) is 5.75 Å². The first-order valence-corrected chi connectivity index (χ1v) is 7.26. The molecule has 0 amide bonds. The smallest absolute Gasteiger partial charge is 0.261 e. The molecule has 0 radical (unpaired) electrons. The van der Waals surface area contributed by atoms with Crippen LogP contribution >= 0.6 is 11.8 Å². The zero-order chi connectivity index (χ0) is 14.7. The Kier molecular flexibility index (Phi) is 3.82. The van der Waals surface area contributed by atoms with E-state index in [0.717, 1.165) is 0 Å². The third-order valence-electron chi connectivity index (χ3n) is 2.73. The van der Waals surface area contributed by atoms with E-state index in [2.05, 4.69) is 25.7 Å². The number of rotatable bonds is 5. The molecule has 0 atom stereocenters. The van der Waals surface area contributed by atoms with Crippen molar-refractivity contribution >= 4 is 11.8 Å². The third-order valence-corrected chi connectivity index (χ3v) is 3.68. The normalized spacial score (nSPS) is 10.9. The Labute approximate surface area is 124 Å². The van der Waals surface area contributed by atoms with Crippen LogP contribution in [0, 0.1) is 0 Å². The van der Waals surface area contributed by atoms with E-state index in [9.17, 15) is 5.11 Å². The summed E-state index contributed by atoms with van der Waals surface area (Å²) in [5.41, 5.74) is 0.514. The molecule has 0 bridgehead atoms. The Hall–Kier alpha value is -2.42. The van der Waals surface area contributed by atoms with Gasteiger partial charge in [0.25, 0.3) is 5.89 Å². The van der Waals surface area contributed by atoms with Crippen LogP contribution in [0.4, 0.5) is 0 Å². The van der Waals surface area contributed by atoms with E-state index >= 15 is 0 Å². The molecule has 9 heteroatoms. The first-order chi connectivity index (χ1) is 10.3. The highest BCUT2D eigenvalue weighted by atomic mass is 32.2. The van der Waals surface area contributed by atoms with Crippen LogP contribution in [0.5, 0.6) is 5.75 Å². The first kappa shape index (κ1) is 13.6. The van der Waals surface area contributed by atoms with E-state index in [1.54, 1.807) is 28.9 Å². The highest BCUT2D eigenvalue weighted by molar-refractivity contribution is 7.98. The third kappa shape index (κ3) is 2.87. The lowest BCUT2D eigenvalue weighted by molar-refractivity contribution is 0.419. The van der Waals surface area contributed by atoms with Crippen LogP contribution < -0.4 is 0 Å². The van der Waals surface area contributed by atoms with Gasteiger partial charge in [-0.15, -0.1) is 5.10 Å². The fourth-order valence-corrected chi connectivity index (χ4v) is 2.49. The monoisotopic (exact) mass is 304 g/mol. The molecule has 0 unspecified atom stereocenters. The second-order valence-electron chi connectivity index (χ2n) is 4.10. The summed E-state index contributed by atoms with van der Waals surface area (Å²) >= 11 is 1.42. The van der Waals surface area contributed by atoms with Gasteiger partial charge < -0.3 is 9.63 Å². The number of benzene rings is 1. The van der Waals surface area contributed by atoms with Crippen molar-refractivity contribution < 1.29 is 9.63 Å². The number of aromatic hydroxyl groups is 1. The van der Waals surface area contributed by atoms with Crippen LogP contribution in [0.15, 0.2) is 33.9 Å². The summed E-state index contributed by atoms with van der Waals surface area (Å²) in [6, 6.07) is 6.82. The SMILES string of the molecule is CCn1nnnc1SCc1noc(-c2ccccc2O)n1. The summed E-state index contributed by atoms with van der Waals surface area (Å²) in [5, 5.41) is 25.7. The first-order valence-electron chi connectivity index (χ1n) is 6.28. The zero-order valence-electron chi connectivity index (χ0n) is 11.2. The minimum Gasteiger partial charge on any atom is -0.507 e. The van der Waals surface area contributed by atoms with Crippen molar-refractivity contribution in [3.05, 3.63) is 30.1 Å². The maximum absolute atomic E-state index is 9.76. The van der Waals surface area contributed by atoms with Crippen LogP contribution in [0.3, 0.4) is 0 Å². The second kappa shape index (κ2) is 5.92. The summed E-state index contributed by atoms with van der Waals surface area (Å²) in [7, 11) is 0. The average Bonchev–Trinajstić information content (AvgIpc) is 3.14. The van der Waals surface area contributed by atoms with Crippen molar-refractivity contribution in [2.75, 3.05) is 0 Å². The Balaban J connectivity index is 1.73. The molecule has 1 N–H and O–H groups in total. The van der Waals surface area contributed by atoms with E-state index in [4.69, 9.17) is 4.52 Å². The summed E-state index contributed by atoms with van der Waals surface area (Å²) < 4.78 is 6.85. The molecule has 0 aliphatic rings. The van der Waals surface area contributed by atoms with Gasteiger partial charge in [0.15, 0.2) is 5.82 Å². The molecule has 0 saturated heterocycles. The van der Waals surface area contributed by atoms with Crippen LogP contribution in [-0.4, -0.2) is 35.5 Å². The molecule has 3 aromatic rings. The Morgan fingerprint density at radius 2 is 2.19 bits per heavy atom. The van der Waals surface area contributed by atoms with Crippen molar-refractivity contribution in [3.8, 4) is 17.2 Å². The number of para-hydroxylation sites is 1. The zero-order valence-corrected chi connectivity index (χ0v) is 12.0. The second-order valence-corrected chi connectivity index (χ2v) is 5.04. The lowest BCUT2D eigenvalue weighted by Crippen LogP contribution is -1.99. The molecule has 0 spiro atoms. The highest BCUT2D eigenvalue weighted by Crippen LogP contribution is 2.28. The highest BCUT2D eigenvalue weighted by Gasteiger charge is 2.13. The van der Waals surface area contributed by atoms with Gasteiger partial charge in [0.2, 0.25) is 5.16 Å². The van der Waals surface area contributed by atoms with Crippen molar-refractivity contribution in [2.24, 2.45) is 0 Å². The number of hydrogen-bond acceptors (Lipinski definition) is 8. The minimum atomic E-state index is 0.107. The van der Waals surface area contributed by atoms with E-state index in [1.807, 2.05) is 6.92 Å². The van der Waals surface area contributed by atoms with Gasteiger partial charge in [-0.05, 0) is 29.5 Å². The average molecular weight is 304 g/mol. The molecule has 2 heterocycles. The van der Waals surface area contributed by atoms with Crippen molar-refractivity contribution in [1.82, 2.24) is 30.3 Å². The number of aryl methyl sites for hydroxylation is 1. The van der Waals surface area contributed by atoms with Gasteiger partial charge in [0.05, 0.1) is 11.3 Å². The van der Waals surface area contributed by atoms with Crippen LogP contribution in [0.25, 0.3) is 11.5 Å². The van der Waals surface area contributed by atoms with Gasteiger partial charge in [0.1, 0.15) is 5.75 Å². The molecule has 108 valence electrons. The molecule has 0 saturated carbocycles. The molecular weight excluding hydrogens is 292 g/mol. The molecule has 21 heavy (non-hydrogen) atoms. The van der Waals surface area contributed by atoms with Gasteiger partial charge >= 0.3 is 0 Å². The number of phenolic OH excluding ortho intramolecular Hbond substituents is 1. The molecule has 0 aliphatic carbocycles. The number of phenols is 1. The number of aromatic nitrogens is 6. The largest absolute Gasteiger partial charge is 0.507 e. The molecule has 8 nitrogen and oxygen atoms in total. The topological polar surface area (TPSA) is 103 Å². The molecule has 0 aliphatic heterocycles. The number of nitrogens with zero attached hydrogens (tertiary/aromatic N) is 6. The van der Waals surface area contributed by atoms with Gasteiger partial charge in [-0.2, -0.15) is 4.98 Å². The molecule has 3 rings (SSSR count). The lowest BCUT2D eigenvalue weighted by atomic mass is 10.2.